The van der Waals surface area contributed by atoms with Crippen molar-refractivity contribution in [2.75, 3.05) is 16.2 Å². The van der Waals surface area contributed by atoms with Crippen molar-refractivity contribution >= 4 is 27.3 Å². The van der Waals surface area contributed by atoms with Crippen molar-refractivity contribution in [3.8, 4) is 0 Å². The van der Waals surface area contributed by atoms with Gasteiger partial charge < -0.3 is 4.90 Å². The van der Waals surface area contributed by atoms with Crippen LogP contribution in [0.5, 0.6) is 0 Å². The number of carbonyl (C=O) groups excluding carboxylic acids is 1. The summed E-state index contributed by atoms with van der Waals surface area (Å²) in [5.41, 5.74) is 1.84. The van der Waals surface area contributed by atoms with Crippen LogP contribution in [-0.2, 0) is 14.8 Å². The lowest BCUT2D eigenvalue weighted by molar-refractivity contribution is -0.117. The molecule has 1 N–H and O–H groups in total. The number of benzene rings is 2. The van der Waals surface area contributed by atoms with Gasteiger partial charge in [0, 0.05) is 18.7 Å². The van der Waals surface area contributed by atoms with Crippen molar-refractivity contribution in [3.05, 3.63) is 53.8 Å². The molecule has 1 heterocycles. The SMILES string of the molecule is Cc1ccc(NS(=O)(=O)c2ccccc2F)cc1N1CCCC1=O. The molecule has 1 aliphatic heterocycles. The van der Waals surface area contributed by atoms with Crippen LogP contribution in [-0.4, -0.2) is 20.9 Å². The number of hydrogen-bond acceptors (Lipinski definition) is 3. The van der Waals surface area contributed by atoms with Crippen LogP contribution in [0.4, 0.5) is 15.8 Å². The Hall–Kier alpha value is -2.41. The highest BCUT2D eigenvalue weighted by Crippen LogP contribution is 2.29. The first-order valence-electron chi connectivity index (χ1n) is 7.57. The molecule has 0 aromatic heterocycles. The Morgan fingerprint density at radius 1 is 1.17 bits per heavy atom. The quantitative estimate of drug-likeness (QED) is 0.923. The van der Waals surface area contributed by atoms with Crippen LogP contribution < -0.4 is 9.62 Å². The second-order valence-corrected chi connectivity index (χ2v) is 7.34. The summed E-state index contributed by atoms with van der Waals surface area (Å²) in [6, 6.07) is 10.1. The fraction of sp³-hybridized carbons (Fsp3) is 0.235. The third-order valence-corrected chi connectivity index (χ3v) is 5.37. The van der Waals surface area contributed by atoms with Crippen LogP contribution in [0.2, 0.25) is 0 Å². The highest BCUT2D eigenvalue weighted by Gasteiger charge is 2.24. The second-order valence-electron chi connectivity index (χ2n) is 5.69. The third kappa shape index (κ3) is 3.12. The largest absolute Gasteiger partial charge is 0.312 e. The summed E-state index contributed by atoms with van der Waals surface area (Å²) in [6.07, 6.45) is 1.27. The van der Waals surface area contributed by atoms with E-state index in [4.69, 9.17) is 0 Å². The summed E-state index contributed by atoms with van der Waals surface area (Å²) in [5, 5.41) is 0. The summed E-state index contributed by atoms with van der Waals surface area (Å²) >= 11 is 0. The summed E-state index contributed by atoms with van der Waals surface area (Å²) in [4.78, 5) is 13.2. The van der Waals surface area contributed by atoms with Crippen LogP contribution in [0.1, 0.15) is 18.4 Å². The molecule has 2 aromatic rings. The van der Waals surface area contributed by atoms with E-state index < -0.39 is 20.7 Å². The molecule has 0 saturated carbocycles. The van der Waals surface area contributed by atoms with Gasteiger partial charge in [-0.1, -0.05) is 18.2 Å². The smallest absolute Gasteiger partial charge is 0.264 e. The maximum absolute atomic E-state index is 13.8. The maximum Gasteiger partial charge on any atom is 0.264 e. The summed E-state index contributed by atoms with van der Waals surface area (Å²) in [5.74, 6) is -0.792. The van der Waals surface area contributed by atoms with E-state index in [0.29, 0.717) is 24.3 Å². The lowest BCUT2D eigenvalue weighted by Gasteiger charge is -2.19. The zero-order valence-electron chi connectivity index (χ0n) is 13.1. The predicted octanol–water partition coefficient (Wildman–Crippen LogP) is 3.06. The number of carbonyl (C=O) groups is 1. The molecule has 126 valence electrons. The molecular weight excluding hydrogens is 331 g/mol. The van der Waals surface area contributed by atoms with Gasteiger partial charge in [-0.05, 0) is 43.2 Å². The van der Waals surface area contributed by atoms with Gasteiger partial charge in [0.1, 0.15) is 10.7 Å². The van der Waals surface area contributed by atoms with Crippen LogP contribution in [0.3, 0.4) is 0 Å². The molecule has 1 fully saturated rings. The van der Waals surface area contributed by atoms with Crippen molar-refractivity contribution in [3.63, 3.8) is 0 Å². The number of nitrogens with zero attached hydrogens (tertiary/aromatic N) is 1. The van der Waals surface area contributed by atoms with Crippen molar-refractivity contribution in [2.45, 2.75) is 24.7 Å². The topological polar surface area (TPSA) is 66.5 Å². The average molecular weight is 348 g/mol. The molecule has 3 rings (SSSR count). The lowest BCUT2D eigenvalue weighted by atomic mass is 10.1. The van der Waals surface area contributed by atoms with Gasteiger partial charge in [0.15, 0.2) is 0 Å². The Morgan fingerprint density at radius 3 is 2.58 bits per heavy atom. The molecule has 1 saturated heterocycles. The monoisotopic (exact) mass is 348 g/mol. The van der Waals surface area contributed by atoms with Crippen LogP contribution in [0.15, 0.2) is 47.4 Å². The summed E-state index contributed by atoms with van der Waals surface area (Å²) in [6.45, 7) is 2.47. The molecule has 0 unspecified atom stereocenters. The molecule has 2 aromatic carbocycles. The van der Waals surface area contributed by atoms with E-state index in [1.807, 2.05) is 6.92 Å². The van der Waals surface area contributed by atoms with E-state index in [2.05, 4.69) is 4.72 Å². The number of amides is 1. The van der Waals surface area contributed by atoms with Crippen molar-refractivity contribution in [2.24, 2.45) is 0 Å². The Bertz CT molecular complexity index is 896. The van der Waals surface area contributed by atoms with Crippen molar-refractivity contribution in [1.82, 2.24) is 0 Å². The van der Waals surface area contributed by atoms with Crippen molar-refractivity contribution < 1.29 is 17.6 Å². The second kappa shape index (κ2) is 6.24. The minimum absolute atomic E-state index is 0.0206. The number of hydrogen-bond donors (Lipinski definition) is 1. The Balaban J connectivity index is 1.94. The Morgan fingerprint density at radius 2 is 1.92 bits per heavy atom. The molecule has 7 heteroatoms. The molecule has 0 bridgehead atoms. The maximum atomic E-state index is 13.8. The highest BCUT2D eigenvalue weighted by molar-refractivity contribution is 7.92. The van der Waals surface area contributed by atoms with Crippen LogP contribution in [0, 0.1) is 12.7 Å². The fourth-order valence-corrected chi connectivity index (χ4v) is 3.87. The van der Waals surface area contributed by atoms with E-state index in [0.717, 1.165) is 18.1 Å². The van der Waals surface area contributed by atoms with Gasteiger partial charge in [-0.2, -0.15) is 0 Å². The van der Waals surface area contributed by atoms with E-state index >= 15 is 0 Å². The number of sulfonamides is 1. The van der Waals surface area contributed by atoms with E-state index in [1.165, 1.54) is 18.2 Å². The lowest BCUT2D eigenvalue weighted by Crippen LogP contribution is -2.24. The molecule has 0 aliphatic carbocycles. The minimum Gasteiger partial charge on any atom is -0.312 e. The molecule has 0 spiro atoms. The zero-order valence-corrected chi connectivity index (χ0v) is 13.9. The fourth-order valence-electron chi connectivity index (χ4n) is 2.74. The van der Waals surface area contributed by atoms with Gasteiger partial charge >= 0.3 is 0 Å². The molecule has 0 radical (unpaired) electrons. The number of halogens is 1. The molecule has 1 amide bonds. The van der Waals surface area contributed by atoms with Crippen LogP contribution >= 0.6 is 0 Å². The molecular formula is C17H17FN2O3S. The Kier molecular flexibility index (Phi) is 4.28. The predicted molar refractivity (Wildman–Crippen MR) is 90.0 cm³/mol. The first-order chi connectivity index (χ1) is 11.4. The van der Waals surface area contributed by atoms with Gasteiger partial charge in [0.2, 0.25) is 5.91 Å². The summed E-state index contributed by atoms with van der Waals surface area (Å²) in [7, 11) is -4.04. The molecule has 5 nitrogen and oxygen atoms in total. The number of rotatable bonds is 4. The van der Waals surface area contributed by atoms with E-state index in [1.54, 1.807) is 23.1 Å². The van der Waals surface area contributed by atoms with Gasteiger partial charge in [-0.3, -0.25) is 9.52 Å². The standard InChI is InChI=1S/C17H17FN2O3S/c1-12-8-9-13(11-15(12)20-10-4-7-17(20)21)19-24(22,23)16-6-3-2-5-14(16)18/h2-3,5-6,8-9,11,19H,4,7,10H2,1H3. The highest BCUT2D eigenvalue weighted by atomic mass is 32.2. The van der Waals surface area contributed by atoms with Gasteiger partial charge in [-0.15, -0.1) is 0 Å². The number of nitrogens with one attached hydrogen (secondary N) is 1. The normalized spacial score (nSPS) is 14.9. The number of aryl methyl sites for hydroxylation is 1. The van der Waals surface area contributed by atoms with Gasteiger partial charge in [0.25, 0.3) is 10.0 Å². The molecule has 1 aliphatic rings. The third-order valence-electron chi connectivity index (χ3n) is 3.95. The van der Waals surface area contributed by atoms with Gasteiger partial charge in [0.05, 0.1) is 5.69 Å². The zero-order chi connectivity index (χ0) is 17.3. The van der Waals surface area contributed by atoms with E-state index in [9.17, 15) is 17.6 Å². The number of anilines is 2. The average Bonchev–Trinajstić information content (AvgIpc) is 2.95. The minimum atomic E-state index is -4.04. The van der Waals surface area contributed by atoms with Crippen LogP contribution in [0.25, 0.3) is 0 Å². The molecule has 24 heavy (non-hydrogen) atoms. The van der Waals surface area contributed by atoms with E-state index in [-0.39, 0.29) is 5.91 Å². The first kappa shape index (κ1) is 16.4. The first-order valence-corrected chi connectivity index (χ1v) is 9.05. The Labute approximate surface area is 140 Å². The van der Waals surface area contributed by atoms with Gasteiger partial charge in [-0.25, -0.2) is 12.8 Å². The molecule has 0 atom stereocenters. The summed E-state index contributed by atoms with van der Waals surface area (Å²) < 4.78 is 40.9. The van der Waals surface area contributed by atoms with Crippen molar-refractivity contribution in [1.29, 1.82) is 0 Å².